The van der Waals surface area contributed by atoms with Gasteiger partial charge >= 0.3 is 12.1 Å². The maximum Gasteiger partial charge on any atom is 0.415 e. The number of hydrogen-bond donors (Lipinski definition) is 0. The lowest BCUT2D eigenvalue weighted by Gasteiger charge is -2.28. The fraction of sp³-hybridized carbons (Fsp3) is 0.259. The monoisotopic (exact) mass is 607 g/mol. The summed E-state index contributed by atoms with van der Waals surface area (Å²) in [4.78, 5) is 26.9. The average Bonchev–Trinajstić information content (AvgIpc) is 2.83. The molecule has 0 N–H and O–H groups in total. The number of hydrogen-bond acceptors (Lipinski definition) is 5. The van der Waals surface area contributed by atoms with Crippen LogP contribution in [0.5, 0.6) is 5.75 Å². The second-order valence-corrected chi connectivity index (χ2v) is 10.0. The molecule has 0 aliphatic heterocycles. The van der Waals surface area contributed by atoms with Crippen LogP contribution in [-0.4, -0.2) is 31.3 Å². The highest BCUT2D eigenvalue weighted by Crippen LogP contribution is 2.39. The van der Waals surface area contributed by atoms with E-state index in [0.717, 1.165) is 19.9 Å². The summed E-state index contributed by atoms with van der Waals surface area (Å²) in [5.74, 6) is 0.0797. The van der Waals surface area contributed by atoms with Gasteiger partial charge < -0.3 is 14.2 Å². The molecule has 0 aliphatic carbocycles. The van der Waals surface area contributed by atoms with Crippen LogP contribution in [0, 0.1) is 3.57 Å². The summed E-state index contributed by atoms with van der Waals surface area (Å²) in [6, 6.07) is 16.8. The number of halogens is 2. The van der Waals surface area contributed by atoms with Crippen molar-refractivity contribution in [2.24, 2.45) is 0 Å². The average molecular weight is 608 g/mol. The molecule has 0 bridgehead atoms. The summed E-state index contributed by atoms with van der Waals surface area (Å²) in [7, 11) is 1.34. The van der Waals surface area contributed by atoms with Crippen LogP contribution in [0.4, 0.5) is 10.5 Å². The van der Waals surface area contributed by atoms with E-state index in [9.17, 15) is 9.59 Å². The van der Waals surface area contributed by atoms with Crippen molar-refractivity contribution in [1.29, 1.82) is 0 Å². The predicted molar refractivity (Wildman–Crippen MR) is 147 cm³/mol. The van der Waals surface area contributed by atoms with E-state index in [4.69, 9.17) is 25.8 Å². The number of fused-ring (bicyclic) bond motifs is 1. The van der Waals surface area contributed by atoms with E-state index in [1.165, 1.54) is 17.5 Å². The maximum absolute atomic E-state index is 13.1. The standard InChI is InChI=1S/C27H27ClINO5/c1-27(2,3)35-26(32)30(14-8-13-28)22-16-23(34-17-18-9-6-5-7-10-18)21-15-19(25(31)33-4)11-12-20(21)24(22)29/h5-13,15-16H,14,17H2,1-4H3. The lowest BCUT2D eigenvalue weighted by Crippen LogP contribution is -2.37. The number of anilines is 1. The summed E-state index contributed by atoms with van der Waals surface area (Å²) in [6.45, 7) is 5.96. The minimum absolute atomic E-state index is 0.207. The van der Waals surface area contributed by atoms with E-state index in [2.05, 4.69) is 22.6 Å². The predicted octanol–water partition coefficient (Wildman–Crippen LogP) is 7.30. The summed E-state index contributed by atoms with van der Waals surface area (Å²) in [5.41, 5.74) is 2.68. The summed E-state index contributed by atoms with van der Waals surface area (Å²) >= 11 is 7.98. The Morgan fingerprint density at radius 1 is 1.06 bits per heavy atom. The highest BCUT2D eigenvalue weighted by molar-refractivity contribution is 14.1. The molecule has 3 rings (SSSR count). The molecule has 184 valence electrons. The van der Waals surface area contributed by atoms with Gasteiger partial charge in [-0.15, -0.1) is 0 Å². The number of methoxy groups -OCH3 is 1. The number of benzene rings is 3. The fourth-order valence-electron chi connectivity index (χ4n) is 3.37. The van der Waals surface area contributed by atoms with Gasteiger partial charge in [0.1, 0.15) is 18.0 Å². The SMILES string of the molecule is COC(=O)c1ccc2c(I)c(N(CC=CCl)C(=O)OC(C)(C)C)cc(OCc3ccccc3)c2c1. The lowest BCUT2D eigenvalue weighted by atomic mass is 10.0. The van der Waals surface area contributed by atoms with Gasteiger partial charge in [-0.1, -0.05) is 54.1 Å². The third kappa shape index (κ3) is 6.89. The largest absolute Gasteiger partial charge is 0.488 e. The van der Waals surface area contributed by atoms with Crippen molar-refractivity contribution in [3.63, 3.8) is 0 Å². The lowest BCUT2D eigenvalue weighted by molar-refractivity contribution is 0.0580. The Hall–Kier alpha value is -2.78. The van der Waals surface area contributed by atoms with Crippen molar-refractivity contribution in [3.05, 3.63) is 80.9 Å². The van der Waals surface area contributed by atoms with Gasteiger partial charge in [0.05, 0.1) is 18.4 Å². The molecular weight excluding hydrogens is 581 g/mol. The van der Waals surface area contributed by atoms with E-state index >= 15 is 0 Å². The van der Waals surface area contributed by atoms with Gasteiger partial charge in [0, 0.05) is 32.5 Å². The Bertz CT molecular complexity index is 1240. The highest BCUT2D eigenvalue weighted by Gasteiger charge is 2.26. The number of esters is 1. The third-order valence-corrected chi connectivity index (χ3v) is 6.27. The smallest absolute Gasteiger partial charge is 0.415 e. The van der Waals surface area contributed by atoms with Crippen molar-refractivity contribution in [3.8, 4) is 5.75 Å². The molecule has 0 heterocycles. The molecule has 0 aromatic heterocycles. The van der Waals surface area contributed by atoms with Gasteiger partial charge in [-0.2, -0.15) is 0 Å². The van der Waals surface area contributed by atoms with E-state index in [0.29, 0.717) is 23.6 Å². The van der Waals surface area contributed by atoms with Crippen molar-refractivity contribution in [2.45, 2.75) is 33.0 Å². The van der Waals surface area contributed by atoms with Crippen LogP contribution in [-0.2, 0) is 16.1 Å². The number of ether oxygens (including phenoxy) is 3. The van der Waals surface area contributed by atoms with E-state index in [-0.39, 0.29) is 6.54 Å². The molecule has 8 heteroatoms. The first-order valence-electron chi connectivity index (χ1n) is 10.9. The second kappa shape index (κ2) is 11.8. The van der Waals surface area contributed by atoms with Gasteiger partial charge in [0.2, 0.25) is 0 Å². The Balaban J connectivity index is 2.16. The summed E-state index contributed by atoms with van der Waals surface area (Å²) in [5, 5.41) is 1.55. The van der Waals surface area contributed by atoms with Crippen LogP contribution in [0.2, 0.25) is 0 Å². The van der Waals surface area contributed by atoms with Gasteiger partial charge in [0.25, 0.3) is 0 Å². The van der Waals surface area contributed by atoms with Gasteiger partial charge in [0.15, 0.2) is 0 Å². The topological polar surface area (TPSA) is 65.1 Å². The van der Waals surface area contributed by atoms with Gasteiger partial charge in [-0.25, -0.2) is 9.59 Å². The van der Waals surface area contributed by atoms with Crippen LogP contribution in [0.25, 0.3) is 10.8 Å². The molecule has 0 unspecified atom stereocenters. The summed E-state index contributed by atoms with van der Waals surface area (Å²) in [6.07, 6.45) is 1.15. The zero-order chi connectivity index (χ0) is 25.6. The van der Waals surface area contributed by atoms with E-state index < -0.39 is 17.7 Å². The van der Waals surface area contributed by atoms with Crippen molar-refractivity contribution in [2.75, 3.05) is 18.6 Å². The number of rotatable bonds is 7. The number of carbonyl (C=O) groups is 2. The third-order valence-electron chi connectivity index (χ3n) is 4.95. The molecule has 6 nitrogen and oxygen atoms in total. The fourth-order valence-corrected chi connectivity index (χ4v) is 4.37. The number of amides is 1. The normalized spacial score (nSPS) is 11.5. The molecule has 0 fully saturated rings. The van der Waals surface area contributed by atoms with Crippen LogP contribution >= 0.6 is 34.2 Å². The minimum Gasteiger partial charge on any atom is -0.488 e. The van der Waals surface area contributed by atoms with Crippen LogP contribution < -0.4 is 9.64 Å². The molecule has 3 aromatic rings. The Morgan fingerprint density at radius 2 is 1.77 bits per heavy atom. The molecule has 0 radical (unpaired) electrons. The minimum atomic E-state index is -0.676. The van der Waals surface area contributed by atoms with Crippen LogP contribution in [0.3, 0.4) is 0 Å². The van der Waals surface area contributed by atoms with Crippen LogP contribution in [0.1, 0.15) is 36.7 Å². The molecule has 35 heavy (non-hydrogen) atoms. The summed E-state index contributed by atoms with van der Waals surface area (Å²) < 4.78 is 17.6. The molecule has 1 amide bonds. The Morgan fingerprint density at radius 3 is 2.40 bits per heavy atom. The Labute approximate surface area is 223 Å². The highest BCUT2D eigenvalue weighted by atomic mass is 127. The van der Waals surface area contributed by atoms with Crippen molar-refractivity contribution in [1.82, 2.24) is 0 Å². The maximum atomic E-state index is 13.1. The first kappa shape index (κ1) is 26.8. The van der Waals surface area contributed by atoms with E-state index in [1.54, 1.807) is 24.3 Å². The molecule has 0 saturated heterocycles. The first-order chi connectivity index (χ1) is 16.6. The molecule has 0 spiro atoms. The van der Waals surface area contributed by atoms with Gasteiger partial charge in [-0.3, -0.25) is 4.90 Å². The quantitative estimate of drug-likeness (QED) is 0.208. The zero-order valence-electron chi connectivity index (χ0n) is 20.0. The van der Waals surface area contributed by atoms with Crippen molar-refractivity contribution < 1.29 is 23.8 Å². The molecule has 0 aliphatic rings. The number of nitrogens with zero attached hydrogens (tertiary/aromatic N) is 1. The van der Waals surface area contributed by atoms with E-state index in [1.807, 2.05) is 57.2 Å². The molecule has 0 atom stereocenters. The first-order valence-corrected chi connectivity index (χ1v) is 12.4. The zero-order valence-corrected chi connectivity index (χ0v) is 22.9. The van der Waals surface area contributed by atoms with Crippen LogP contribution in [0.15, 0.2) is 66.2 Å². The molecule has 0 saturated carbocycles. The molecular formula is C27H27ClINO5. The van der Waals surface area contributed by atoms with Gasteiger partial charge in [-0.05, 0) is 61.1 Å². The Kier molecular flexibility index (Phi) is 9.02. The number of carbonyl (C=O) groups excluding carboxylic acids is 2. The second-order valence-electron chi connectivity index (χ2n) is 8.69. The van der Waals surface area contributed by atoms with Crippen molar-refractivity contribution >= 4 is 62.7 Å². The molecule has 3 aromatic carbocycles.